The number of fused-ring (bicyclic) bond motifs is 1. The molecule has 2 aromatic rings. The highest BCUT2D eigenvalue weighted by atomic mass is 16.4. The molecule has 5 nitrogen and oxygen atoms in total. The molecular formula is C13H15N3O2. The van der Waals surface area contributed by atoms with Crippen LogP contribution < -0.4 is 11.1 Å². The number of nitrogens with one attached hydrogen (secondary N) is 1. The molecule has 1 aliphatic carbocycles. The molecular weight excluding hydrogens is 230 g/mol. The maximum atomic E-state index is 11.7. The van der Waals surface area contributed by atoms with Gasteiger partial charge in [0.25, 0.3) is 6.01 Å². The van der Waals surface area contributed by atoms with E-state index in [4.69, 9.17) is 10.2 Å². The molecule has 2 unspecified atom stereocenters. The van der Waals surface area contributed by atoms with Crippen LogP contribution in [-0.2, 0) is 11.3 Å². The fourth-order valence-corrected chi connectivity index (χ4v) is 2.11. The maximum Gasteiger partial charge on any atom is 0.292 e. The van der Waals surface area contributed by atoms with Gasteiger partial charge in [-0.2, -0.15) is 4.98 Å². The molecule has 1 amide bonds. The number of carbonyl (C=O) groups excluding carboxylic acids is 1. The Kier molecular flexibility index (Phi) is 2.47. The van der Waals surface area contributed by atoms with Crippen LogP contribution in [0.3, 0.4) is 0 Å². The van der Waals surface area contributed by atoms with Crippen molar-refractivity contribution in [1.82, 2.24) is 10.3 Å². The summed E-state index contributed by atoms with van der Waals surface area (Å²) >= 11 is 0. The van der Waals surface area contributed by atoms with Crippen LogP contribution in [0.15, 0.2) is 22.6 Å². The second kappa shape index (κ2) is 4.01. The number of anilines is 1. The fourth-order valence-electron chi connectivity index (χ4n) is 2.11. The van der Waals surface area contributed by atoms with Crippen molar-refractivity contribution in [1.29, 1.82) is 0 Å². The highest BCUT2D eigenvalue weighted by Crippen LogP contribution is 2.37. The van der Waals surface area contributed by atoms with Crippen molar-refractivity contribution in [2.45, 2.75) is 19.9 Å². The SMILES string of the molecule is CC1CC1C(=O)NCc1ccc2oc(N)nc2c1. The number of aromatic nitrogens is 1. The van der Waals surface area contributed by atoms with Gasteiger partial charge in [0.1, 0.15) is 5.52 Å². The Morgan fingerprint density at radius 2 is 2.39 bits per heavy atom. The van der Waals surface area contributed by atoms with Crippen molar-refractivity contribution in [2.75, 3.05) is 5.73 Å². The Hall–Kier alpha value is -2.04. The Bertz CT molecular complexity index is 605. The van der Waals surface area contributed by atoms with Crippen molar-refractivity contribution < 1.29 is 9.21 Å². The molecule has 0 spiro atoms. The molecule has 1 aromatic carbocycles. The van der Waals surface area contributed by atoms with E-state index in [0.717, 1.165) is 17.5 Å². The summed E-state index contributed by atoms with van der Waals surface area (Å²) in [6, 6.07) is 5.77. The smallest absolute Gasteiger partial charge is 0.292 e. The predicted octanol–water partition coefficient (Wildman–Crippen LogP) is 1.68. The minimum Gasteiger partial charge on any atom is -0.424 e. The van der Waals surface area contributed by atoms with Gasteiger partial charge >= 0.3 is 0 Å². The highest BCUT2D eigenvalue weighted by molar-refractivity contribution is 5.81. The van der Waals surface area contributed by atoms with Crippen molar-refractivity contribution in [3.63, 3.8) is 0 Å². The first-order valence-corrected chi connectivity index (χ1v) is 6.06. The Labute approximate surface area is 104 Å². The molecule has 0 bridgehead atoms. The molecule has 5 heteroatoms. The van der Waals surface area contributed by atoms with Gasteiger partial charge in [-0.15, -0.1) is 0 Å². The summed E-state index contributed by atoms with van der Waals surface area (Å²) in [4.78, 5) is 15.8. The Balaban J connectivity index is 1.68. The zero-order chi connectivity index (χ0) is 12.7. The summed E-state index contributed by atoms with van der Waals surface area (Å²) in [5, 5.41) is 2.93. The maximum absolute atomic E-state index is 11.7. The molecule has 1 saturated carbocycles. The molecule has 2 atom stereocenters. The summed E-state index contributed by atoms with van der Waals surface area (Å²) in [6.45, 7) is 2.61. The summed E-state index contributed by atoms with van der Waals surface area (Å²) in [7, 11) is 0. The lowest BCUT2D eigenvalue weighted by Gasteiger charge is -2.04. The van der Waals surface area contributed by atoms with Crippen LogP contribution in [0.1, 0.15) is 18.9 Å². The van der Waals surface area contributed by atoms with Crippen molar-refractivity contribution in [3.8, 4) is 0 Å². The molecule has 1 aliphatic rings. The molecule has 1 aromatic heterocycles. The second-order valence-corrected chi connectivity index (χ2v) is 4.89. The van der Waals surface area contributed by atoms with Crippen LogP contribution in [0.25, 0.3) is 11.1 Å². The zero-order valence-corrected chi connectivity index (χ0v) is 10.1. The van der Waals surface area contributed by atoms with E-state index in [1.165, 1.54) is 0 Å². The molecule has 1 heterocycles. The van der Waals surface area contributed by atoms with Gasteiger partial charge in [0, 0.05) is 12.5 Å². The van der Waals surface area contributed by atoms with E-state index < -0.39 is 0 Å². The van der Waals surface area contributed by atoms with Gasteiger partial charge in [-0.3, -0.25) is 4.79 Å². The van der Waals surface area contributed by atoms with Crippen LogP contribution in [-0.4, -0.2) is 10.9 Å². The standard InChI is InChI=1S/C13H15N3O2/c1-7-4-9(7)12(17)15-6-8-2-3-11-10(5-8)16-13(14)18-11/h2-3,5,7,9H,4,6H2,1H3,(H2,14,16)(H,15,17). The first kappa shape index (κ1) is 11.1. The first-order valence-electron chi connectivity index (χ1n) is 6.06. The van der Waals surface area contributed by atoms with Crippen LogP contribution in [0.5, 0.6) is 0 Å². The van der Waals surface area contributed by atoms with Crippen LogP contribution >= 0.6 is 0 Å². The van der Waals surface area contributed by atoms with Crippen LogP contribution in [0.2, 0.25) is 0 Å². The van der Waals surface area contributed by atoms with Gasteiger partial charge in [0.2, 0.25) is 5.91 Å². The topological polar surface area (TPSA) is 81.2 Å². The lowest BCUT2D eigenvalue weighted by molar-refractivity contribution is -0.122. The number of amides is 1. The highest BCUT2D eigenvalue weighted by Gasteiger charge is 2.38. The molecule has 0 saturated heterocycles. The van der Waals surface area contributed by atoms with Gasteiger partial charge < -0.3 is 15.5 Å². The van der Waals surface area contributed by atoms with E-state index in [1.807, 2.05) is 18.2 Å². The van der Waals surface area contributed by atoms with Gasteiger partial charge in [-0.1, -0.05) is 13.0 Å². The van der Waals surface area contributed by atoms with E-state index in [0.29, 0.717) is 18.0 Å². The average Bonchev–Trinajstić information content (AvgIpc) is 2.94. The number of hydrogen-bond donors (Lipinski definition) is 2. The first-order chi connectivity index (χ1) is 8.63. The lowest BCUT2D eigenvalue weighted by Crippen LogP contribution is -2.24. The number of carbonyl (C=O) groups is 1. The van der Waals surface area contributed by atoms with Gasteiger partial charge in [-0.25, -0.2) is 0 Å². The lowest BCUT2D eigenvalue weighted by atomic mass is 10.2. The molecule has 3 N–H and O–H groups in total. The van der Waals surface area contributed by atoms with E-state index in [9.17, 15) is 4.79 Å². The number of nitrogens with two attached hydrogens (primary N) is 1. The number of benzene rings is 1. The Morgan fingerprint density at radius 3 is 3.11 bits per heavy atom. The summed E-state index contributed by atoms with van der Waals surface area (Å²) in [6.07, 6.45) is 1.00. The fraction of sp³-hybridized carbons (Fsp3) is 0.385. The Morgan fingerprint density at radius 1 is 1.61 bits per heavy atom. The third-order valence-corrected chi connectivity index (χ3v) is 3.38. The van der Waals surface area contributed by atoms with E-state index in [-0.39, 0.29) is 17.8 Å². The van der Waals surface area contributed by atoms with E-state index in [1.54, 1.807) is 0 Å². The number of nitrogens with zero attached hydrogens (tertiary/aromatic N) is 1. The number of rotatable bonds is 3. The molecule has 94 valence electrons. The van der Waals surface area contributed by atoms with Crippen molar-refractivity contribution in [2.24, 2.45) is 11.8 Å². The largest absolute Gasteiger partial charge is 0.424 e. The second-order valence-electron chi connectivity index (χ2n) is 4.89. The van der Waals surface area contributed by atoms with Gasteiger partial charge in [0.05, 0.1) is 0 Å². The van der Waals surface area contributed by atoms with E-state index >= 15 is 0 Å². The van der Waals surface area contributed by atoms with Crippen LogP contribution in [0.4, 0.5) is 6.01 Å². The minimum atomic E-state index is 0.141. The quantitative estimate of drug-likeness (QED) is 0.862. The number of hydrogen-bond acceptors (Lipinski definition) is 4. The zero-order valence-electron chi connectivity index (χ0n) is 10.1. The van der Waals surface area contributed by atoms with Crippen molar-refractivity contribution in [3.05, 3.63) is 23.8 Å². The molecule has 3 rings (SSSR count). The van der Waals surface area contributed by atoms with E-state index in [2.05, 4.69) is 17.2 Å². The molecule has 0 radical (unpaired) electrons. The number of oxazole rings is 1. The summed E-state index contributed by atoms with van der Waals surface area (Å²) < 4.78 is 5.19. The summed E-state index contributed by atoms with van der Waals surface area (Å²) in [5.41, 5.74) is 7.86. The molecule has 0 aliphatic heterocycles. The predicted molar refractivity (Wildman–Crippen MR) is 67.5 cm³/mol. The van der Waals surface area contributed by atoms with Gasteiger partial charge in [0.15, 0.2) is 5.58 Å². The molecule has 1 fully saturated rings. The normalized spacial score (nSPS) is 22.1. The summed E-state index contributed by atoms with van der Waals surface area (Å²) in [5.74, 6) is 0.876. The molecule has 18 heavy (non-hydrogen) atoms. The number of nitrogen functional groups attached to an aromatic ring is 1. The van der Waals surface area contributed by atoms with Crippen LogP contribution in [0, 0.1) is 11.8 Å². The average molecular weight is 245 g/mol. The minimum absolute atomic E-state index is 0.141. The third-order valence-electron chi connectivity index (χ3n) is 3.38. The van der Waals surface area contributed by atoms with Crippen molar-refractivity contribution >= 4 is 23.0 Å². The third kappa shape index (κ3) is 2.03. The monoisotopic (exact) mass is 245 g/mol. The van der Waals surface area contributed by atoms with Gasteiger partial charge in [-0.05, 0) is 30.0 Å².